The molecule has 0 bridgehead atoms. The van der Waals surface area contributed by atoms with Gasteiger partial charge in [0.1, 0.15) is 5.76 Å². The first-order valence-corrected chi connectivity index (χ1v) is 10.1. The molecule has 2 aliphatic rings. The molecule has 1 N–H and O–H groups in total. The second-order valence-electron chi connectivity index (χ2n) is 6.88. The van der Waals surface area contributed by atoms with Gasteiger partial charge in [0, 0.05) is 17.0 Å². The van der Waals surface area contributed by atoms with E-state index in [0.29, 0.717) is 23.6 Å². The molecular formula is C21H21NO5S. The summed E-state index contributed by atoms with van der Waals surface area (Å²) in [4.78, 5) is 28.1. The standard InChI is InChI=1S/C21H21NO5S/c1-3-4-8-22-17(20-12(2)7-9-28-20)16(19(24)21(22)25)18(23)13-5-6-14-15(10-13)27-11-26-14/h5-7,9-10,17,23H,3-4,8,11H2,1-2H3/b18-16-. The molecule has 4 rings (SSSR count). The topological polar surface area (TPSA) is 76.1 Å². The average Bonchev–Trinajstić information content (AvgIpc) is 3.38. The fourth-order valence-electron chi connectivity index (χ4n) is 3.58. The lowest BCUT2D eigenvalue weighted by atomic mass is 9.98. The van der Waals surface area contributed by atoms with E-state index in [9.17, 15) is 14.7 Å². The Morgan fingerprint density at radius 2 is 2.04 bits per heavy atom. The third-order valence-corrected chi connectivity index (χ3v) is 6.16. The third-order valence-electron chi connectivity index (χ3n) is 5.09. The number of unbranched alkanes of at least 4 members (excludes halogenated alkanes) is 1. The monoisotopic (exact) mass is 399 g/mol. The number of ether oxygens (including phenoxy) is 2. The van der Waals surface area contributed by atoms with Crippen molar-refractivity contribution in [2.45, 2.75) is 32.7 Å². The smallest absolute Gasteiger partial charge is 0.295 e. The van der Waals surface area contributed by atoms with Crippen LogP contribution in [-0.4, -0.2) is 35.0 Å². The van der Waals surface area contributed by atoms with Crippen LogP contribution in [0, 0.1) is 6.92 Å². The van der Waals surface area contributed by atoms with Gasteiger partial charge in [0.2, 0.25) is 6.79 Å². The number of benzene rings is 1. The number of aliphatic hydroxyl groups is 1. The molecule has 1 atom stereocenters. The van der Waals surface area contributed by atoms with E-state index in [4.69, 9.17) is 9.47 Å². The Morgan fingerprint density at radius 3 is 2.75 bits per heavy atom. The Morgan fingerprint density at radius 1 is 1.25 bits per heavy atom. The lowest BCUT2D eigenvalue weighted by Crippen LogP contribution is -2.30. The van der Waals surface area contributed by atoms with E-state index in [1.165, 1.54) is 11.3 Å². The van der Waals surface area contributed by atoms with E-state index in [1.54, 1.807) is 23.1 Å². The SMILES string of the molecule is CCCCN1C(=O)C(=O)/C(=C(\O)c2ccc3c(c2)OCO3)C1c1sccc1C. The number of hydrogen-bond acceptors (Lipinski definition) is 6. The summed E-state index contributed by atoms with van der Waals surface area (Å²) in [7, 11) is 0. The van der Waals surface area contributed by atoms with Gasteiger partial charge >= 0.3 is 0 Å². The van der Waals surface area contributed by atoms with Crippen LogP contribution >= 0.6 is 11.3 Å². The number of Topliss-reactive ketones (excluding diaryl/α,β-unsaturated/α-hetero) is 1. The number of hydrogen-bond donors (Lipinski definition) is 1. The first kappa shape index (κ1) is 18.6. The number of carbonyl (C=O) groups is 2. The molecule has 28 heavy (non-hydrogen) atoms. The van der Waals surface area contributed by atoms with Crippen LogP contribution in [-0.2, 0) is 9.59 Å². The highest BCUT2D eigenvalue weighted by atomic mass is 32.1. The van der Waals surface area contributed by atoms with Crippen LogP contribution < -0.4 is 9.47 Å². The number of fused-ring (bicyclic) bond motifs is 1. The van der Waals surface area contributed by atoms with Crippen molar-refractivity contribution in [2.75, 3.05) is 13.3 Å². The van der Waals surface area contributed by atoms with Crippen LogP contribution in [0.3, 0.4) is 0 Å². The van der Waals surface area contributed by atoms with E-state index >= 15 is 0 Å². The van der Waals surface area contributed by atoms with Gasteiger partial charge in [0.25, 0.3) is 11.7 Å². The molecule has 1 aromatic heterocycles. The summed E-state index contributed by atoms with van der Waals surface area (Å²) in [5, 5.41) is 13.0. The van der Waals surface area contributed by atoms with Crippen LogP contribution in [0.5, 0.6) is 11.5 Å². The highest BCUT2D eigenvalue weighted by Gasteiger charge is 2.46. The maximum absolute atomic E-state index is 12.9. The quantitative estimate of drug-likeness (QED) is 0.467. The van der Waals surface area contributed by atoms with Crippen LogP contribution in [0.25, 0.3) is 5.76 Å². The third kappa shape index (κ3) is 2.96. The van der Waals surface area contributed by atoms with Gasteiger partial charge in [-0.1, -0.05) is 13.3 Å². The maximum Gasteiger partial charge on any atom is 0.295 e. The van der Waals surface area contributed by atoms with Crippen molar-refractivity contribution < 1.29 is 24.2 Å². The van der Waals surface area contributed by atoms with Gasteiger partial charge in [-0.2, -0.15) is 0 Å². The maximum atomic E-state index is 12.9. The first-order chi connectivity index (χ1) is 13.5. The molecule has 146 valence electrons. The second-order valence-corrected chi connectivity index (χ2v) is 7.83. The van der Waals surface area contributed by atoms with E-state index in [1.807, 2.05) is 25.3 Å². The minimum Gasteiger partial charge on any atom is -0.507 e. The van der Waals surface area contributed by atoms with Gasteiger partial charge in [0.15, 0.2) is 11.5 Å². The number of thiophene rings is 1. The van der Waals surface area contributed by atoms with Gasteiger partial charge in [-0.15, -0.1) is 11.3 Å². The molecule has 2 aliphatic heterocycles. The van der Waals surface area contributed by atoms with Crippen molar-refractivity contribution >= 4 is 28.8 Å². The molecule has 6 nitrogen and oxygen atoms in total. The Kier molecular flexibility index (Phi) is 4.85. The van der Waals surface area contributed by atoms with Crippen molar-refractivity contribution in [3.8, 4) is 11.5 Å². The van der Waals surface area contributed by atoms with Crippen LogP contribution in [0.15, 0.2) is 35.2 Å². The fraction of sp³-hybridized carbons (Fsp3) is 0.333. The van der Waals surface area contributed by atoms with Gasteiger partial charge in [-0.05, 0) is 48.6 Å². The summed E-state index contributed by atoms with van der Waals surface area (Å²) in [6.45, 7) is 4.58. The van der Waals surface area contributed by atoms with E-state index in [0.717, 1.165) is 23.3 Å². The van der Waals surface area contributed by atoms with Gasteiger partial charge in [-0.3, -0.25) is 9.59 Å². The highest BCUT2D eigenvalue weighted by molar-refractivity contribution is 7.10. The predicted molar refractivity (Wildman–Crippen MR) is 106 cm³/mol. The van der Waals surface area contributed by atoms with Crippen molar-refractivity contribution in [3.05, 3.63) is 51.2 Å². The lowest BCUT2D eigenvalue weighted by Gasteiger charge is -2.24. The fourth-order valence-corrected chi connectivity index (χ4v) is 4.62. The second kappa shape index (κ2) is 7.31. The summed E-state index contributed by atoms with van der Waals surface area (Å²) in [5.74, 6) is -0.301. The normalized spacial score (nSPS) is 20.2. The molecule has 1 amide bonds. The number of ketones is 1. The molecule has 0 spiro atoms. The van der Waals surface area contributed by atoms with Crippen molar-refractivity contribution in [3.63, 3.8) is 0 Å². The van der Waals surface area contributed by atoms with Crippen LogP contribution in [0.2, 0.25) is 0 Å². The molecule has 0 radical (unpaired) electrons. The van der Waals surface area contributed by atoms with Crippen molar-refractivity contribution in [2.24, 2.45) is 0 Å². The molecule has 1 aromatic carbocycles. The molecular weight excluding hydrogens is 378 g/mol. The van der Waals surface area contributed by atoms with Gasteiger partial charge < -0.3 is 19.5 Å². The summed E-state index contributed by atoms with van der Waals surface area (Å²) >= 11 is 1.49. The molecule has 0 saturated carbocycles. The van der Waals surface area contributed by atoms with E-state index in [-0.39, 0.29) is 18.1 Å². The van der Waals surface area contributed by atoms with Crippen LogP contribution in [0.4, 0.5) is 0 Å². The lowest BCUT2D eigenvalue weighted by molar-refractivity contribution is -0.139. The zero-order valence-electron chi connectivity index (χ0n) is 15.7. The number of nitrogens with zero attached hydrogens (tertiary/aromatic N) is 1. The zero-order chi connectivity index (χ0) is 19.8. The predicted octanol–water partition coefficient (Wildman–Crippen LogP) is 4.01. The summed E-state index contributed by atoms with van der Waals surface area (Å²) in [5.41, 5.74) is 1.55. The summed E-state index contributed by atoms with van der Waals surface area (Å²) in [6.07, 6.45) is 1.69. The molecule has 3 heterocycles. The van der Waals surface area contributed by atoms with Crippen LogP contribution in [0.1, 0.15) is 41.8 Å². The number of aliphatic hydroxyl groups excluding tert-OH is 1. The average molecular weight is 399 g/mol. The molecule has 0 aliphatic carbocycles. The van der Waals surface area contributed by atoms with E-state index in [2.05, 4.69) is 0 Å². The van der Waals surface area contributed by atoms with Crippen molar-refractivity contribution in [1.82, 2.24) is 4.90 Å². The largest absolute Gasteiger partial charge is 0.507 e. The summed E-state index contributed by atoms with van der Waals surface area (Å²) in [6, 6.07) is 6.38. The first-order valence-electron chi connectivity index (χ1n) is 9.25. The van der Waals surface area contributed by atoms with Crippen molar-refractivity contribution in [1.29, 1.82) is 0 Å². The van der Waals surface area contributed by atoms with Gasteiger partial charge in [-0.25, -0.2) is 0 Å². The minimum absolute atomic E-state index is 0.120. The number of amides is 1. The minimum atomic E-state index is -0.649. The van der Waals surface area contributed by atoms with Gasteiger partial charge in [0.05, 0.1) is 11.6 Å². The Bertz CT molecular complexity index is 977. The number of rotatable bonds is 5. The summed E-state index contributed by atoms with van der Waals surface area (Å²) < 4.78 is 10.7. The molecule has 2 aromatic rings. The Balaban J connectivity index is 1.84. The Labute approximate surface area is 167 Å². The number of likely N-dealkylation sites (tertiary alicyclic amines) is 1. The molecule has 1 saturated heterocycles. The number of carbonyl (C=O) groups excluding carboxylic acids is 2. The molecule has 1 unspecified atom stereocenters. The van der Waals surface area contributed by atoms with E-state index < -0.39 is 17.7 Å². The molecule has 1 fully saturated rings. The highest BCUT2D eigenvalue weighted by Crippen LogP contribution is 2.43. The number of aryl methyl sites for hydroxylation is 1. The Hall–Kier alpha value is -2.80. The molecule has 7 heteroatoms. The zero-order valence-corrected chi connectivity index (χ0v) is 16.5.